The third-order valence-electron chi connectivity index (χ3n) is 4.13. The Balaban J connectivity index is 1.54. The van der Waals surface area contributed by atoms with Crippen molar-refractivity contribution in [1.29, 1.82) is 5.41 Å². The summed E-state index contributed by atoms with van der Waals surface area (Å²) in [5.74, 6) is 0.881. The lowest BCUT2D eigenvalue weighted by Crippen LogP contribution is -2.39. The molecule has 2 aromatic carbocycles. The van der Waals surface area contributed by atoms with Crippen molar-refractivity contribution in [2.45, 2.75) is 4.90 Å². The number of anilines is 3. The molecule has 1 aliphatic rings. The van der Waals surface area contributed by atoms with Crippen LogP contribution < -0.4 is 14.9 Å². The van der Waals surface area contributed by atoms with E-state index in [1.165, 1.54) is 18.4 Å². The van der Waals surface area contributed by atoms with Crippen LogP contribution in [0.4, 0.5) is 17.3 Å². The molecule has 0 unspecified atom stereocenters. The Morgan fingerprint density at radius 1 is 1.15 bits per heavy atom. The maximum atomic E-state index is 12.5. The number of hydrogen-bond donors (Lipinski definition) is 3. The number of hydrogen-bond acceptors (Lipinski definition) is 5. The highest BCUT2D eigenvalue weighted by atomic mass is 35.5. The number of furan rings is 1. The monoisotopic (exact) mass is 402 g/mol. The highest BCUT2D eigenvalue weighted by molar-refractivity contribution is 7.92. The molecule has 0 amide bonds. The SMILES string of the molecule is N=C1c2ccoc2NCN1c1ccc(NS(=O)(=O)c2cccc(Cl)c2)cc1. The molecule has 2 heterocycles. The normalized spacial score (nSPS) is 13.8. The van der Waals surface area contributed by atoms with Gasteiger partial charge >= 0.3 is 0 Å². The van der Waals surface area contributed by atoms with Gasteiger partial charge in [0.25, 0.3) is 10.0 Å². The van der Waals surface area contributed by atoms with Gasteiger partial charge in [-0.25, -0.2) is 8.42 Å². The van der Waals surface area contributed by atoms with E-state index in [1.54, 1.807) is 47.4 Å². The standard InChI is InChI=1S/C18H15ClN4O3S/c19-12-2-1-3-15(10-12)27(24,25)22-13-4-6-14(7-5-13)23-11-21-18-16(17(23)20)8-9-26-18/h1-10,20-22H,11H2. The van der Waals surface area contributed by atoms with Gasteiger partial charge in [-0.2, -0.15) is 0 Å². The Kier molecular flexibility index (Phi) is 4.29. The van der Waals surface area contributed by atoms with Gasteiger partial charge in [-0.1, -0.05) is 17.7 Å². The second kappa shape index (κ2) is 6.64. The van der Waals surface area contributed by atoms with E-state index < -0.39 is 10.0 Å². The molecule has 0 fully saturated rings. The first kappa shape index (κ1) is 17.4. The summed E-state index contributed by atoms with van der Waals surface area (Å²) in [6.45, 7) is 0.382. The third kappa shape index (κ3) is 3.36. The van der Waals surface area contributed by atoms with Crippen molar-refractivity contribution in [3.8, 4) is 0 Å². The van der Waals surface area contributed by atoms with Gasteiger partial charge in [0.15, 0.2) is 0 Å². The molecule has 0 spiro atoms. The smallest absolute Gasteiger partial charge is 0.261 e. The van der Waals surface area contributed by atoms with Gasteiger partial charge < -0.3 is 14.6 Å². The summed E-state index contributed by atoms with van der Waals surface area (Å²) in [6, 6.07) is 14.6. The summed E-state index contributed by atoms with van der Waals surface area (Å²) < 4.78 is 32.7. The number of nitrogens with zero attached hydrogens (tertiary/aromatic N) is 1. The third-order valence-corrected chi connectivity index (χ3v) is 5.74. The van der Waals surface area contributed by atoms with Crippen molar-refractivity contribution in [3.63, 3.8) is 0 Å². The zero-order valence-corrected chi connectivity index (χ0v) is 15.5. The van der Waals surface area contributed by atoms with E-state index in [2.05, 4.69) is 10.0 Å². The van der Waals surface area contributed by atoms with Crippen molar-refractivity contribution >= 4 is 44.7 Å². The van der Waals surface area contributed by atoms with E-state index in [1.807, 2.05) is 0 Å². The number of benzene rings is 2. The lowest BCUT2D eigenvalue weighted by molar-refractivity contribution is 0.577. The first-order chi connectivity index (χ1) is 12.9. The van der Waals surface area contributed by atoms with E-state index >= 15 is 0 Å². The van der Waals surface area contributed by atoms with Gasteiger partial charge in [-0.15, -0.1) is 0 Å². The molecule has 9 heteroatoms. The molecule has 3 N–H and O–H groups in total. The quantitative estimate of drug-likeness (QED) is 0.613. The molecule has 4 rings (SSSR count). The number of fused-ring (bicyclic) bond motifs is 1. The van der Waals surface area contributed by atoms with Crippen LogP contribution in [-0.4, -0.2) is 20.9 Å². The molecule has 1 aliphatic heterocycles. The summed E-state index contributed by atoms with van der Waals surface area (Å²) in [7, 11) is -3.73. The summed E-state index contributed by atoms with van der Waals surface area (Å²) >= 11 is 5.87. The van der Waals surface area contributed by atoms with E-state index in [0.29, 0.717) is 34.7 Å². The largest absolute Gasteiger partial charge is 0.448 e. The number of rotatable bonds is 4. The zero-order chi connectivity index (χ0) is 19.0. The maximum Gasteiger partial charge on any atom is 0.261 e. The van der Waals surface area contributed by atoms with Crippen LogP contribution in [0.5, 0.6) is 0 Å². The van der Waals surface area contributed by atoms with E-state index in [-0.39, 0.29) is 4.90 Å². The Labute approximate surface area is 161 Å². The molecule has 0 aliphatic carbocycles. The highest BCUT2D eigenvalue weighted by Crippen LogP contribution is 2.28. The molecule has 0 saturated carbocycles. The van der Waals surface area contributed by atoms with Crippen LogP contribution in [0.3, 0.4) is 0 Å². The Morgan fingerprint density at radius 2 is 1.93 bits per heavy atom. The molecule has 27 heavy (non-hydrogen) atoms. The summed E-state index contributed by atoms with van der Waals surface area (Å²) in [6.07, 6.45) is 1.53. The van der Waals surface area contributed by atoms with Gasteiger partial charge in [0.1, 0.15) is 5.84 Å². The van der Waals surface area contributed by atoms with Gasteiger partial charge in [-0.05, 0) is 48.5 Å². The topological polar surface area (TPSA) is 98.4 Å². The van der Waals surface area contributed by atoms with Gasteiger partial charge in [0.05, 0.1) is 23.4 Å². The van der Waals surface area contributed by atoms with Crippen LogP contribution in [0.1, 0.15) is 5.56 Å². The molecule has 138 valence electrons. The Hall–Kier alpha value is -2.97. The zero-order valence-electron chi connectivity index (χ0n) is 13.9. The van der Waals surface area contributed by atoms with Crippen LogP contribution in [-0.2, 0) is 10.0 Å². The number of amidine groups is 1. The van der Waals surface area contributed by atoms with Crippen LogP contribution in [0.25, 0.3) is 0 Å². The Bertz CT molecular complexity index is 1110. The summed E-state index contributed by atoms with van der Waals surface area (Å²) in [5, 5.41) is 11.8. The lowest BCUT2D eigenvalue weighted by Gasteiger charge is -2.29. The van der Waals surface area contributed by atoms with E-state index in [9.17, 15) is 8.42 Å². The number of sulfonamides is 1. The molecule has 3 aromatic rings. The second-order valence-corrected chi connectivity index (χ2v) is 8.00. The minimum absolute atomic E-state index is 0.0913. The maximum absolute atomic E-state index is 12.5. The molecule has 7 nitrogen and oxygen atoms in total. The van der Waals surface area contributed by atoms with Gasteiger partial charge in [0, 0.05) is 16.4 Å². The number of nitrogens with one attached hydrogen (secondary N) is 3. The number of halogens is 1. The predicted molar refractivity (Wildman–Crippen MR) is 105 cm³/mol. The van der Waals surface area contributed by atoms with Crippen LogP contribution in [0.15, 0.2) is 70.2 Å². The minimum Gasteiger partial charge on any atom is -0.448 e. The average molecular weight is 403 g/mol. The molecular weight excluding hydrogens is 388 g/mol. The van der Waals surface area contributed by atoms with E-state index in [4.69, 9.17) is 21.4 Å². The van der Waals surface area contributed by atoms with Gasteiger partial charge in [0.2, 0.25) is 5.88 Å². The van der Waals surface area contributed by atoms with Gasteiger partial charge in [-0.3, -0.25) is 10.1 Å². The fourth-order valence-corrected chi connectivity index (χ4v) is 4.15. The van der Waals surface area contributed by atoms with E-state index in [0.717, 1.165) is 5.69 Å². The predicted octanol–water partition coefficient (Wildman–Crippen LogP) is 3.95. The minimum atomic E-state index is -3.73. The molecule has 1 aromatic heterocycles. The second-order valence-electron chi connectivity index (χ2n) is 5.88. The molecular formula is C18H15ClN4O3S. The van der Waals surface area contributed by atoms with Crippen molar-refractivity contribution < 1.29 is 12.8 Å². The first-order valence-corrected chi connectivity index (χ1v) is 9.86. The van der Waals surface area contributed by atoms with Crippen molar-refractivity contribution in [3.05, 3.63) is 71.4 Å². The first-order valence-electron chi connectivity index (χ1n) is 8.00. The molecule has 0 bridgehead atoms. The van der Waals surface area contributed by atoms with Crippen LogP contribution >= 0.6 is 11.6 Å². The summed E-state index contributed by atoms with van der Waals surface area (Å²) in [5.41, 5.74) is 1.84. The van der Waals surface area contributed by atoms with Crippen molar-refractivity contribution in [1.82, 2.24) is 0 Å². The molecule has 0 saturated heterocycles. The fourth-order valence-electron chi connectivity index (χ4n) is 2.79. The van der Waals surface area contributed by atoms with Crippen molar-refractivity contribution in [2.75, 3.05) is 21.6 Å². The fraction of sp³-hybridized carbons (Fsp3) is 0.0556. The average Bonchev–Trinajstić information content (AvgIpc) is 3.12. The van der Waals surface area contributed by atoms with Crippen LogP contribution in [0.2, 0.25) is 5.02 Å². The van der Waals surface area contributed by atoms with Crippen LogP contribution in [0, 0.1) is 5.41 Å². The molecule has 0 atom stereocenters. The molecule has 0 radical (unpaired) electrons. The highest BCUT2D eigenvalue weighted by Gasteiger charge is 2.24. The van der Waals surface area contributed by atoms with Crippen molar-refractivity contribution in [2.24, 2.45) is 0 Å². The summed E-state index contributed by atoms with van der Waals surface area (Å²) in [4.78, 5) is 1.85. The Morgan fingerprint density at radius 3 is 2.67 bits per heavy atom. The lowest BCUT2D eigenvalue weighted by atomic mass is 10.2.